The Bertz CT molecular complexity index is 391. The van der Waals surface area contributed by atoms with E-state index in [1.165, 1.54) is 96.3 Å². The van der Waals surface area contributed by atoms with E-state index in [2.05, 4.69) is 10.6 Å². The molecule has 26 heavy (non-hydrogen) atoms. The van der Waals surface area contributed by atoms with Crippen LogP contribution in [0.3, 0.4) is 0 Å². The largest absolute Gasteiger partial charge is 0.469 e. The van der Waals surface area contributed by atoms with E-state index in [0.717, 1.165) is 19.3 Å². The predicted molar refractivity (Wildman–Crippen MR) is 109 cm³/mol. The van der Waals surface area contributed by atoms with Gasteiger partial charge in [0.2, 0.25) is 0 Å². The molecule has 2 N–H and O–H groups in total. The van der Waals surface area contributed by atoms with Gasteiger partial charge in [0.15, 0.2) is 0 Å². The summed E-state index contributed by atoms with van der Waals surface area (Å²) in [6.45, 7) is 0.166. The van der Waals surface area contributed by atoms with E-state index in [0.29, 0.717) is 0 Å². The third kappa shape index (κ3) is 16.1. The fraction of sp³-hybridized carbons (Fsp3) is 0.905. The molecule has 5 heteroatoms. The standard InChI is InChI=1S/C21H41O4P/c22-26(23,24)25-20-16-12-8-3-1-2-5-9-13-17-21-18-14-10-6-4-7-11-15-19-21/h17H,1-16,18-20H2,(H2,22,23,24). The lowest BCUT2D eigenvalue weighted by molar-refractivity contribution is 0.193. The monoisotopic (exact) mass is 388 g/mol. The Balaban J connectivity index is 1.92. The number of phosphoric acid groups is 1. The fourth-order valence-electron chi connectivity index (χ4n) is 3.71. The quantitative estimate of drug-likeness (QED) is 0.213. The lowest BCUT2D eigenvalue weighted by Gasteiger charge is -2.11. The van der Waals surface area contributed by atoms with Crippen molar-refractivity contribution in [2.75, 3.05) is 6.61 Å². The molecule has 0 amide bonds. The molecule has 0 bridgehead atoms. The zero-order chi connectivity index (χ0) is 18.9. The Hall–Kier alpha value is -0.150. The highest BCUT2D eigenvalue weighted by Gasteiger charge is 2.12. The Morgan fingerprint density at radius 3 is 1.73 bits per heavy atom. The SMILES string of the molecule is O=P(O)(O)OCCCCCCCCCCC=C1CCCCCCCCC1. The molecule has 154 valence electrons. The summed E-state index contributed by atoms with van der Waals surface area (Å²) in [5.74, 6) is 0. The van der Waals surface area contributed by atoms with Crippen LogP contribution in [-0.4, -0.2) is 16.4 Å². The molecule has 0 spiro atoms. The van der Waals surface area contributed by atoms with Gasteiger partial charge in [0, 0.05) is 0 Å². The third-order valence-electron chi connectivity index (χ3n) is 5.29. The van der Waals surface area contributed by atoms with E-state index in [4.69, 9.17) is 9.79 Å². The number of hydrogen-bond acceptors (Lipinski definition) is 2. The van der Waals surface area contributed by atoms with Crippen LogP contribution in [0.2, 0.25) is 0 Å². The highest BCUT2D eigenvalue weighted by atomic mass is 31.2. The maximum atomic E-state index is 10.5. The van der Waals surface area contributed by atoms with Crippen molar-refractivity contribution in [3.05, 3.63) is 11.6 Å². The lowest BCUT2D eigenvalue weighted by Crippen LogP contribution is -1.92. The topological polar surface area (TPSA) is 66.8 Å². The number of rotatable bonds is 12. The van der Waals surface area contributed by atoms with Gasteiger partial charge < -0.3 is 9.79 Å². The predicted octanol–water partition coefficient (Wildman–Crippen LogP) is 7.06. The van der Waals surface area contributed by atoms with Crippen LogP contribution in [0.15, 0.2) is 11.6 Å². The van der Waals surface area contributed by atoms with E-state index in [9.17, 15) is 4.57 Å². The minimum atomic E-state index is -4.27. The van der Waals surface area contributed by atoms with E-state index >= 15 is 0 Å². The van der Waals surface area contributed by atoms with Crippen LogP contribution in [0.5, 0.6) is 0 Å². The van der Waals surface area contributed by atoms with Crippen molar-refractivity contribution in [3.63, 3.8) is 0 Å². The van der Waals surface area contributed by atoms with E-state index in [1.54, 1.807) is 5.57 Å². The Morgan fingerprint density at radius 1 is 0.731 bits per heavy atom. The molecule has 0 aromatic carbocycles. The first-order valence-electron chi connectivity index (χ1n) is 11.0. The Kier molecular flexibility index (Phi) is 14.6. The van der Waals surface area contributed by atoms with Crippen molar-refractivity contribution in [2.24, 2.45) is 0 Å². The molecule has 0 heterocycles. The van der Waals surface area contributed by atoms with Gasteiger partial charge in [-0.25, -0.2) is 4.57 Å². The van der Waals surface area contributed by atoms with Crippen molar-refractivity contribution < 1.29 is 18.9 Å². The van der Waals surface area contributed by atoms with Crippen LogP contribution in [0.1, 0.15) is 116 Å². The van der Waals surface area contributed by atoms with Crippen LogP contribution >= 0.6 is 7.82 Å². The molecule has 1 aliphatic carbocycles. The molecule has 0 aliphatic heterocycles. The van der Waals surface area contributed by atoms with Gasteiger partial charge in [-0.2, -0.15) is 0 Å². The Morgan fingerprint density at radius 2 is 1.19 bits per heavy atom. The van der Waals surface area contributed by atoms with E-state index in [-0.39, 0.29) is 6.61 Å². The molecule has 0 atom stereocenters. The summed E-state index contributed by atoms with van der Waals surface area (Å²) >= 11 is 0. The molecule has 1 rings (SSSR count). The second-order valence-electron chi connectivity index (χ2n) is 7.78. The van der Waals surface area contributed by atoms with Crippen molar-refractivity contribution in [1.82, 2.24) is 0 Å². The van der Waals surface area contributed by atoms with Gasteiger partial charge >= 0.3 is 7.82 Å². The van der Waals surface area contributed by atoms with Crippen LogP contribution in [0.25, 0.3) is 0 Å². The van der Waals surface area contributed by atoms with Gasteiger partial charge in [-0.3, -0.25) is 4.52 Å². The molecule has 0 aromatic rings. The molecule has 1 aliphatic rings. The summed E-state index contributed by atoms with van der Waals surface area (Å²) in [6, 6.07) is 0. The molecular weight excluding hydrogens is 347 g/mol. The summed E-state index contributed by atoms with van der Waals surface area (Å²) in [5, 5.41) is 0. The van der Waals surface area contributed by atoms with Crippen LogP contribution < -0.4 is 0 Å². The van der Waals surface area contributed by atoms with E-state index < -0.39 is 7.82 Å². The molecule has 1 fully saturated rings. The van der Waals surface area contributed by atoms with Crippen LogP contribution in [0, 0.1) is 0 Å². The summed E-state index contributed by atoms with van der Waals surface area (Å²) < 4.78 is 15.0. The van der Waals surface area contributed by atoms with Gasteiger partial charge in [0.1, 0.15) is 0 Å². The third-order valence-corrected chi connectivity index (χ3v) is 5.81. The highest BCUT2D eigenvalue weighted by Crippen LogP contribution is 2.35. The van der Waals surface area contributed by atoms with Gasteiger partial charge in [0.05, 0.1) is 6.61 Å². The first kappa shape index (κ1) is 23.9. The van der Waals surface area contributed by atoms with E-state index in [1.807, 2.05) is 0 Å². The molecule has 4 nitrogen and oxygen atoms in total. The molecule has 0 saturated heterocycles. The summed E-state index contributed by atoms with van der Waals surface area (Å²) in [4.78, 5) is 17.2. The maximum Gasteiger partial charge on any atom is 0.469 e. The lowest BCUT2D eigenvalue weighted by atomic mass is 9.96. The van der Waals surface area contributed by atoms with Gasteiger partial charge in [-0.1, -0.05) is 82.3 Å². The average Bonchev–Trinajstić information content (AvgIpc) is 2.60. The second kappa shape index (κ2) is 15.9. The average molecular weight is 389 g/mol. The molecule has 0 radical (unpaired) electrons. The number of hydrogen-bond donors (Lipinski definition) is 2. The maximum absolute atomic E-state index is 10.5. The van der Waals surface area contributed by atoms with Crippen LogP contribution in [0.4, 0.5) is 0 Å². The van der Waals surface area contributed by atoms with Crippen LogP contribution in [-0.2, 0) is 9.09 Å². The number of allylic oxidation sites excluding steroid dienone is 2. The molecular formula is C21H41O4P. The highest BCUT2D eigenvalue weighted by molar-refractivity contribution is 7.46. The number of unbranched alkanes of at least 4 members (excludes halogenated alkanes) is 8. The minimum Gasteiger partial charge on any atom is -0.303 e. The zero-order valence-corrected chi connectivity index (χ0v) is 17.6. The van der Waals surface area contributed by atoms with Crippen molar-refractivity contribution in [2.45, 2.75) is 116 Å². The van der Waals surface area contributed by atoms with Gasteiger partial charge in [0.25, 0.3) is 0 Å². The first-order valence-corrected chi connectivity index (χ1v) is 12.5. The molecule has 0 aromatic heterocycles. The normalized spacial score (nSPS) is 17.2. The second-order valence-corrected chi connectivity index (χ2v) is 9.02. The smallest absolute Gasteiger partial charge is 0.303 e. The van der Waals surface area contributed by atoms with Crippen molar-refractivity contribution in [1.29, 1.82) is 0 Å². The van der Waals surface area contributed by atoms with Crippen molar-refractivity contribution in [3.8, 4) is 0 Å². The Labute approximate surface area is 161 Å². The fourth-order valence-corrected chi connectivity index (χ4v) is 4.08. The molecule has 0 unspecified atom stereocenters. The minimum absolute atomic E-state index is 0.166. The van der Waals surface area contributed by atoms with Crippen molar-refractivity contribution >= 4 is 7.82 Å². The summed E-state index contributed by atoms with van der Waals surface area (Å²) in [7, 11) is -4.27. The summed E-state index contributed by atoms with van der Waals surface area (Å²) in [6.07, 6.45) is 25.7. The number of phosphoric ester groups is 1. The van der Waals surface area contributed by atoms with Gasteiger partial charge in [-0.15, -0.1) is 0 Å². The zero-order valence-electron chi connectivity index (χ0n) is 16.7. The first-order chi connectivity index (χ1) is 12.6. The molecule has 1 saturated carbocycles. The van der Waals surface area contributed by atoms with Gasteiger partial charge in [-0.05, 0) is 44.9 Å². The summed E-state index contributed by atoms with van der Waals surface area (Å²) in [5.41, 5.74) is 1.73.